The zero-order valence-corrected chi connectivity index (χ0v) is 8.58. The van der Waals surface area contributed by atoms with Crippen LogP contribution in [0.25, 0.3) is 0 Å². The average Bonchev–Trinajstić information content (AvgIpc) is 2.19. The van der Waals surface area contributed by atoms with Crippen LogP contribution >= 0.6 is 0 Å². The average molecular weight is 197 g/mol. The lowest BCUT2D eigenvalue weighted by atomic mass is 10.00. The highest BCUT2D eigenvalue weighted by Crippen LogP contribution is 2.17. The summed E-state index contributed by atoms with van der Waals surface area (Å²) in [6, 6.07) is 0.0628. The second kappa shape index (κ2) is 5.62. The fraction of sp³-hybridized carbons (Fsp3) is 0.800. The van der Waals surface area contributed by atoms with Gasteiger partial charge in [0.15, 0.2) is 0 Å². The lowest BCUT2D eigenvalue weighted by Gasteiger charge is -2.31. The van der Waals surface area contributed by atoms with Crippen LogP contribution in [0.3, 0.4) is 0 Å². The summed E-state index contributed by atoms with van der Waals surface area (Å²) in [5, 5.41) is 2.74. The van der Waals surface area contributed by atoms with Crippen molar-refractivity contribution in [2.24, 2.45) is 0 Å². The number of rotatable bonds is 4. The molecule has 4 nitrogen and oxygen atoms in total. The molecule has 1 atom stereocenters. The normalized spacial score (nSPS) is 21.8. The van der Waals surface area contributed by atoms with E-state index in [2.05, 4.69) is 5.32 Å². The molecule has 1 heterocycles. The minimum atomic E-state index is 0.0275. The fourth-order valence-electron chi connectivity index (χ4n) is 1.82. The Morgan fingerprint density at radius 3 is 3.00 bits per heavy atom. The first-order chi connectivity index (χ1) is 6.77. The van der Waals surface area contributed by atoms with Gasteiger partial charge in [-0.3, -0.25) is 9.59 Å². The molecule has 1 aliphatic rings. The summed E-state index contributed by atoms with van der Waals surface area (Å²) in [6.45, 7) is 3.28. The lowest BCUT2D eigenvalue weighted by molar-refractivity contribution is -0.122. The number of nitrogens with one attached hydrogen (secondary N) is 1. The Bertz CT molecular complexity index is 206. The number of hydrogen-bond acceptors (Lipinski definition) is 2. The van der Waals surface area contributed by atoms with Crippen molar-refractivity contribution in [3.8, 4) is 0 Å². The Kier molecular flexibility index (Phi) is 4.43. The minimum Gasteiger partial charge on any atom is -0.356 e. The first-order valence-corrected chi connectivity index (χ1v) is 5.19. The molecule has 0 aromatic rings. The predicted molar refractivity (Wildman–Crippen MR) is 53.3 cm³/mol. The van der Waals surface area contributed by atoms with Crippen LogP contribution in [-0.4, -0.2) is 36.3 Å². The van der Waals surface area contributed by atoms with Crippen molar-refractivity contribution < 1.29 is 9.59 Å². The molecule has 0 aromatic heterocycles. The summed E-state index contributed by atoms with van der Waals surface area (Å²) in [5.74, 6) is 0.0275. The van der Waals surface area contributed by atoms with E-state index < -0.39 is 0 Å². The quantitative estimate of drug-likeness (QED) is 0.710. The van der Waals surface area contributed by atoms with Gasteiger partial charge in [0.1, 0.15) is 0 Å². The van der Waals surface area contributed by atoms with Crippen LogP contribution in [0.5, 0.6) is 0 Å². The van der Waals surface area contributed by atoms with E-state index in [1.165, 1.54) is 0 Å². The van der Waals surface area contributed by atoms with E-state index in [1.54, 1.807) is 4.90 Å². The maximum absolute atomic E-state index is 11.3. The number of piperidine rings is 1. The van der Waals surface area contributed by atoms with Gasteiger partial charge in [-0.15, -0.1) is 0 Å². The molecule has 14 heavy (non-hydrogen) atoms. The van der Waals surface area contributed by atoms with Crippen LogP contribution in [0.2, 0.25) is 0 Å². The van der Waals surface area contributed by atoms with Gasteiger partial charge in [0.2, 0.25) is 5.91 Å². The van der Waals surface area contributed by atoms with E-state index in [4.69, 9.17) is 0 Å². The summed E-state index contributed by atoms with van der Waals surface area (Å²) in [6.07, 6.45) is 5.38. The van der Waals surface area contributed by atoms with Gasteiger partial charge in [0.05, 0.1) is 0 Å². The van der Waals surface area contributed by atoms with Crippen LogP contribution in [0, 0.1) is 0 Å². The second-order valence-electron chi connectivity index (χ2n) is 3.59. The van der Waals surface area contributed by atoms with Crippen molar-refractivity contribution in [2.45, 2.75) is 38.6 Å². The third-order valence-electron chi connectivity index (χ3n) is 2.54. The van der Waals surface area contributed by atoms with E-state index in [0.717, 1.165) is 25.8 Å². The molecule has 1 saturated heterocycles. The van der Waals surface area contributed by atoms with Crippen LogP contribution in [0.4, 0.5) is 0 Å². The van der Waals surface area contributed by atoms with E-state index in [9.17, 15) is 9.59 Å². The van der Waals surface area contributed by atoms with Gasteiger partial charge in [-0.05, 0) is 26.2 Å². The molecule has 0 aromatic carbocycles. The predicted octanol–water partition coefficient (Wildman–Crippen LogP) is 0.434. The van der Waals surface area contributed by atoms with Crippen LogP contribution in [0.1, 0.15) is 32.6 Å². The largest absolute Gasteiger partial charge is 0.356 e. The first kappa shape index (κ1) is 11.0. The van der Waals surface area contributed by atoms with Crippen LogP contribution < -0.4 is 5.32 Å². The zero-order chi connectivity index (χ0) is 10.4. The van der Waals surface area contributed by atoms with Crippen molar-refractivity contribution in [3.63, 3.8) is 0 Å². The minimum absolute atomic E-state index is 0.0275. The van der Waals surface area contributed by atoms with Crippen molar-refractivity contribution >= 4 is 12.3 Å². The molecule has 1 fully saturated rings. The van der Waals surface area contributed by atoms with Gasteiger partial charge >= 0.3 is 6.41 Å². The van der Waals surface area contributed by atoms with E-state index in [-0.39, 0.29) is 11.9 Å². The number of hydrogen-bond donors (Lipinski definition) is 1. The zero-order valence-electron chi connectivity index (χ0n) is 8.58. The number of nitrogens with zero attached hydrogens (tertiary/aromatic N) is 1. The van der Waals surface area contributed by atoms with Gasteiger partial charge in [-0.2, -0.15) is 0 Å². The molecule has 0 aliphatic carbocycles. The Balaban J connectivity index is 2.39. The molecule has 1 N–H and O–H groups in total. The van der Waals surface area contributed by atoms with Crippen molar-refractivity contribution in [3.05, 3.63) is 0 Å². The highest BCUT2D eigenvalue weighted by molar-refractivity contribution is 5.76. The molecular formula is C10H17N2O2. The van der Waals surface area contributed by atoms with E-state index in [0.29, 0.717) is 13.0 Å². The van der Waals surface area contributed by atoms with E-state index >= 15 is 0 Å². The van der Waals surface area contributed by atoms with Crippen molar-refractivity contribution in [2.75, 3.05) is 13.1 Å². The molecule has 1 aliphatic heterocycles. The van der Waals surface area contributed by atoms with E-state index in [1.807, 2.05) is 13.3 Å². The number of carbonyl (C=O) groups is 1. The number of carbonyl (C=O) groups excluding carboxylic acids is 2. The van der Waals surface area contributed by atoms with Crippen LogP contribution in [-0.2, 0) is 9.59 Å². The highest BCUT2D eigenvalue weighted by atomic mass is 16.2. The molecule has 79 valence electrons. The van der Waals surface area contributed by atoms with Gasteiger partial charge in [0.25, 0.3) is 0 Å². The molecule has 1 rings (SSSR count). The third kappa shape index (κ3) is 3.01. The fourth-order valence-corrected chi connectivity index (χ4v) is 1.82. The standard InChI is InChI=1S/C10H17N2O2/c1-2-11-10(14)7-9-5-3-4-6-12(9)8-13/h9H,2-7H2,1H3,(H,11,14). The highest BCUT2D eigenvalue weighted by Gasteiger charge is 2.23. The molecule has 4 heteroatoms. The molecule has 0 bridgehead atoms. The SMILES string of the molecule is CCNC(=O)CC1CCCCN1[C]=O. The Labute approximate surface area is 84.7 Å². The number of amides is 2. The maximum Gasteiger partial charge on any atom is 0.312 e. The Morgan fingerprint density at radius 2 is 2.36 bits per heavy atom. The molecule has 0 saturated carbocycles. The molecule has 0 spiro atoms. The molecular weight excluding hydrogens is 180 g/mol. The molecule has 2 amide bonds. The third-order valence-corrected chi connectivity index (χ3v) is 2.54. The first-order valence-electron chi connectivity index (χ1n) is 5.19. The second-order valence-corrected chi connectivity index (χ2v) is 3.59. The van der Waals surface area contributed by atoms with Gasteiger partial charge in [-0.1, -0.05) is 0 Å². The van der Waals surface area contributed by atoms with Crippen LogP contribution in [0.15, 0.2) is 0 Å². The summed E-state index contributed by atoms with van der Waals surface area (Å²) < 4.78 is 0. The summed E-state index contributed by atoms with van der Waals surface area (Å²) >= 11 is 0. The topological polar surface area (TPSA) is 49.4 Å². The lowest BCUT2D eigenvalue weighted by Crippen LogP contribution is -2.41. The van der Waals surface area contributed by atoms with Gasteiger partial charge in [0, 0.05) is 25.6 Å². The maximum atomic E-state index is 11.3. The monoisotopic (exact) mass is 197 g/mol. The molecule has 1 radical (unpaired) electrons. The smallest absolute Gasteiger partial charge is 0.312 e. The van der Waals surface area contributed by atoms with Gasteiger partial charge < -0.3 is 10.2 Å². The summed E-state index contributed by atoms with van der Waals surface area (Å²) in [5.41, 5.74) is 0. The summed E-state index contributed by atoms with van der Waals surface area (Å²) in [4.78, 5) is 23.5. The molecule has 1 unspecified atom stereocenters. The Morgan fingerprint density at radius 1 is 1.57 bits per heavy atom. The Hall–Kier alpha value is -1.06. The summed E-state index contributed by atoms with van der Waals surface area (Å²) in [7, 11) is 0. The van der Waals surface area contributed by atoms with Crippen molar-refractivity contribution in [1.29, 1.82) is 0 Å². The van der Waals surface area contributed by atoms with Gasteiger partial charge in [-0.25, -0.2) is 0 Å². The number of likely N-dealkylation sites (tertiary alicyclic amines) is 1. The van der Waals surface area contributed by atoms with Crippen molar-refractivity contribution in [1.82, 2.24) is 10.2 Å².